The van der Waals surface area contributed by atoms with Crippen LogP contribution >= 0.6 is 11.3 Å². The molecule has 2 rings (SSSR count). The summed E-state index contributed by atoms with van der Waals surface area (Å²) >= 11 is 1.47. The minimum absolute atomic E-state index is 0.169. The number of urea groups is 1. The van der Waals surface area contributed by atoms with E-state index >= 15 is 0 Å². The summed E-state index contributed by atoms with van der Waals surface area (Å²) < 4.78 is 0. The molecule has 1 fully saturated rings. The van der Waals surface area contributed by atoms with E-state index in [1.807, 2.05) is 19.2 Å². The maximum Gasteiger partial charge on any atom is 0.315 e. The van der Waals surface area contributed by atoms with Gasteiger partial charge >= 0.3 is 12.0 Å². The monoisotopic (exact) mass is 297 g/mol. The number of carbonyl (C=O) groups excluding carboxylic acids is 1. The van der Waals surface area contributed by atoms with Crippen LogP contribution in [-0.2, 0) is 10.3 Å². The van der Waals surface area contributed by atoms with Gasteiger partial charge in [-0.25, -0.2) is 9.78 Å². The maximum atomic E-state index is 11.9. The van der Waals surface area contributed by atoms with Crippen molar-refractivity contribution in [3.8, 4) is 0 Å². The molecule has 20 heavy (non-hydrogen) atoms. The third kappa shape index (κ3) is 2.92. The smallest absolute Gasteiger partial charge is 0.315 e. The Morgan fingerprint density at radius 2 is 2.20 bits per heavy atom. The number of amides is 2. The van der Waals surface area contributed by atoms with Gasteiger partial charge in [-0.3, -0.25) is 4.79 Å². The Kier molecular flexibility index (Phi) is 3.99. The van der Waals surface area contributed by atoms with Crippen LogP contribution in [0, 0.1) is 5.41 Å². The molecule has 0 saturated heterocycles. The van der Waals surface area contributed by atoms with E-state index in [2.05, 4.69) is 15.6 Å². The predicted octanol–water partition coefficient (Wildman–Crippen LogP) is 1.93. The Bertz CT molecular complexity index is 495. The summed E-state index contributed by atoms with van der Waals surface area (Å²) in [5.41, 5.74) is -1.35. The first kappa shape index (κ1) is 14.8. The van der Waals surface area contributed by atoms with Crippen LogP contribution < -0.4 is 10.6 Å². The van der Waals surface area contributed by atoms with E-state index in [1.54, 1.807) is 6.20 Å². The maximum absolute atomic E-state index is 11.9. The normalized spacial score (nSPS) is 17.1. The zero-order valence-electron chi connectivity index (χ0n) is 11.6. The van der Waals surface area contributed by atoms with Crippen molar-refractivity contribution in [1.82, 2.24) is 15.6 Å². The molecule has 110 valence electrons. The minimum Gasteiger partial charge on any atom is -0.481 e. The van der Waals surface area contributed by atoms with Crippen LogP contribution in [-0.4, -0.2) is 28.6 Å². The van der Waals surface area contributed by atoms with Gasteiger partial charge in [0.15, 0.2) is 0 Å². The zero-order valence-corrected chi connectivity index (χ0v) is 12.4. The largest absolute Gasteiger partial charge is 0.481 e. The summed E-state index contributed by atoms with van der Waals surface area (Å²) in [6.45, 7) is 3.89. The van der Waals surface area contributed by atoms with Crippen molar-refractivity contribution in [3.63, 3.8) is 0 Å². The zero-order chi connectivity index (χ0) is 14.8. The molecule has 0 unspecified atom stereocenters. The highest BCUT2D eigenvalue weighted by atomic mass is 32.1. The van der Waals surface area contributed by atoms with Gasteiger partial charge in [-0.15, -0.1) is 11.3 Å². The second kappa shape index (κ2) is 5.40. The van der Waals surface area contributed by atoms with E-state index in [9.17, 15) is 14.7 Å². The van der Waals surface area contributed by atoms with Gasteiger partial charge in [0.05, 0.1) is 11.0 Å². The quantitative estimate of drug-likeness (QED) is 0.774. The Labute approximate surface area is 121 Å². The van der Waals surface area contributed by atoms with E-state index in [0.717, 1.165) is 11.4 Å². The van der Waals surface area contributed by atoms with E-state index in [1.165, 1.54) is 11.3 Å². The fourth-order valence-corrected chi connectivity index (χ4v) is 2.95. The molecule has 7 heteroatoms. The SMILES string of the molecule is CC(C)(NC(=O)NCC1(C(=O)O)CCC1)c1nccs1. The topological polar surface area (TPSA) is 91.3 Å². The van der Waals surface area contributed by atoms with Gasteiger partial charge < -0.3 is 15.7 Å². The second-order valence-corrected chi connectivity index (χ2v) is 6.60. The summed E-state index contributed by atoms with van der Waals surface area (Å²) in [5.74, 6) is -0.830. The molecule has 1 heterocycles. The van der Waals surface area contributed by atoms with E-state index < -0.39 is 16.9 Å². The number of carbonyl (C=O) groups is 2. The van der Waals surface area contributed by atoms with E-state index in [0.29, 0.717) is 12.8 Å². The summed E-state index contributed by atoms with van der Waals surface area (Å²) in [5, 5.41) is 17.4. The van der Waals surface area contributed by atoms with E-state index in [4.69, 9.17) is 0 Å². The van der Waals surface area contributed by atoms with Crippen molar-refractivity contribution in [2.24, 2.45) is 5.41 Å². The van der Waals surface area contributed by atoms with Crippen molar-refractivity contribution in [2.75, 3.05) is 6.54 Å². The molecule has 1 aromatic rings. The number of rotatable bonds is 5. The fraction of sp³-hybridized carbons (Fsp3) is 0.615. The minimum atomic E-state index is -0.830. The van der Waals surface area contributed by atoms with Crippen molar-refractivity contribution in [1.29, 1.82) is 0 Å². The van der Waals surface area contributed by atoms with Crippen LogP contribution in [0.25, 0.3) is 0 Å². The van der Waals surface area contributed by atoms with E-state index in [-0.39, 0.29) is 12.6 Å². The Morgan fingerprint density at radius 1 is 1.50 bits per heavy atom. The van der Waals surface area contributed by atoms with Gasteiger partial charge in [-0.1, -0.05) is 6.42 Å². The van der Waals surface area contributed by atoms with Crippen molar-refractivity contribution in [2.45, 2.75) is 38.6 Å². The van der Waals surface area contributed by atoms with Gasteiger partial charge in [0.1, 0.15) is 5.01 Å². The first-order valence-corrected chi connectivity index (χ1v) is 7.43. The average Bonchev–Trinajstić information content (AvgIpc) is 2.79. The number of thiazole rings is 1. The summed E-state index contributed by atoms with van der Waals surface area (Å²) in [6, 6.07) is -0.363. The number of carboxylic acids is 1. The third-order valence-corrected chi connectivity index (χ3v) is 4.84. The van der Waals surface area contributed by atoms with Gasteiger partial charge in [-0.2, -0.15) is 0 Å². The van der Waals surface area contributed by atoms with Crippen LogP contribution in [0.1, 0.15) is 38.1 Å². The highest BCUT2D eigenvalue weighted by Crippen LogP contribution is 2.40. The lowest BCUT2D eigenvalue weighted by Gasteiger charge is -2.37. The van der Waals surface area contributed by atoms with Gasteiger partial charge in [0, 0.05) is 18.1 Å². The molecule has 1 aliphatic carbocycles. The van der Waals surface area contributed by atoms with Gasteiger partial charge in [0.25, 0.3) is 0 Å². The Morgan fingerprint density at radius 3 is 2.65 bits per heavy atom. The molecule has 0 aliphatic heterocycles. The van der Waals surface area contributed by atoms with Crippen molar-refractivity contribution < 1.29 is 14.7 Å². The van der Waals surface area contributed by atoms with Crippen molar-refractivity contribution >= 4 is 23.3 Å². The summed E-state index contributed by atoms with van der Waals surface area (Å²) in [6.07, 6.45) is 3.84. The van der Waals surface area contributed by atoms with Crippen LogP contribution in [0.15, 0.2) is 11.6 Å². The summed E-state index contributed by atoms with van der Waals surface area (Å²) in [4.78, 5) is 27.3. The molecule has 2 amide bonds. The Hall–Kier alpha value is -1.63. The second-order valence-electron chi connectivity index (χ2n) is 5.71. The molecule has 1 saturated carbocycles. The number of aliphatic carboxylic acids is 1. The van der Waals surface area contributed by atoms with Gasteiger partial charge in [0.2, 0.25) is 0 Å². The molecule has 6 nitrogen and oxygen atoms in total. The first-order chi connectivity index (χ1) is 9.36. The lowest BCUT2D eigenvalue weighted by molar-refractivity contribution is -0.153. The fourth-order valence-electron chi connectivity index (χ4n) is 2.23. The third-order valence-electron chi connectivity index (χ3n) is 3.74. The predicted molar refractivity (Wildman–Crippen MR) is 75.6 cm³/mol. The highest BCUT2D eigenvalue weighted by Gasteiger charge is 2.44. The average molecular weight is 297 g/mol. The van der Waals surface area contributed by atoms with Gasteiger partial charge in [-0.05, 0) is 26.7 Å². The molecule has 1 aromatic heterocycles. The molecular formula is C13H19N3O3S. The molecule has 0 radical (unpaired) electrons. The lowest BCUT2D eigenvalue weighted by atomic mass is 9.69. The molecule has 0 bridgehead atoms. The molecule has 0 spiro atoms. The number of carboxylic acid groups (broad SMARTS) is 1. The van der Waals surface area contributed by atoms with Crippen LogP contribution in [0.2, 0.25) is 0 Å². The highest BCUT2D eigenvalue weighted by molar-refractivity contribution is 7.09. The number of aromatic nitrogens is 1. The standard InChI is InChI=1S/C13H19N3O3S/c1-12(2,9-14-6-7-20-9)16-11(19)15-8-13(10(17)18)4-3-5-13/h6-7H,3-5,8H2,1-2H3,(H,17,18)(H2,15,16,19). The van der Waals surface area contributed by atoms with Crippen LogP contribution in [0.4, 0.5) is 4.79 Å². The van der Waals surface area contributed by atoms with Crippen molar-refractivity contribution in [3.05, 3.63) is 16.6 Å². The molecule has 0 aromatic carbocycles. The summed E-state index contributed by atoms with van der Waals surface area (Å²) in [7, 11) is 0. The Balaban J connectivity index is 1.88. The number of nitrogens with zero attached hydrogens (tertiary/aromatic N) is 1. The molecular weight excluding hydrogens is 278 g/mol. The molecule has 3 N–H and O–H groups in total. The first-order valence-electron chi connectivity index (χ1n) is 6.55. The number of nitrogens with one attached hydrogen (secondary N) is 2. The number of hydrogen-bond donors (Lipinski definition) is 3. The lowest BCUT2D eigenvalue weighted by Crippen LogP contribution is -2.52. The van der Waals surface area contributed by atoms with Crippen LogP contribution in [0.5, 0.6) is 0 Å². The molecule has 1 aliphatic rings. The van der Waals surface area contributed by atoms with Crippen LogP contribution in [0.3, 0.4) is 0 Å². The molecule has 0 atom stereocenters. The number of hydrogen-bond acceptors (Lipinski definition) is 4.